The van der Waals surface area contributed by atoms with Gasteiger partial charge in [0.25, 0.3) is 0 Å². The highest BCUT2D eigenvalue weighted by molar-refractivity contribution is 5.92. The Morgan fingerprint density at radius 1 is 1.00 bits per heavy atom. The van der Waals surface area contributed by atoms with Crippen molar-refractivity contribution in [2.75, 3.05) is 11.4 Å². The molecule has 0 N–H and O–H groups in total. The number of anilines is 1. The molecule has 29 heavy (non-hydrogen) atoms. The van der Waals surface area contributed by atoms with E-state index in [2.05, 4.69) is 46.3 Å². The van der Waals surface area contributed by atoms with Gasteiger partial charge in [-0.1, -0.05) is 26.3 Å². The van der Waals surface area contributed by atoms with E-state index in [9.17, 15) is 0 Å². The van der Waals surface area contributed by atoms with Crippen molar-refractivity contribution in [3.05, 3.63) is 74.3 Å². The molecule has 0 amide bonds. The third-order valence-electron chi connectivity index (χ3n) is 4.89. The largest absolute Gasteiger partial charge is 0.462 e. The Morgan fingerprint density at radius 2 is 1.76 bits per heavy atom. The second-order valence-corrected chi connectivity index (χ2v) is 6.40. The van der Waals surface area contributed by atoms with Crippen LogP contribution in [0, 0.1) is 0 Å². The fourth-order valence-corrected chi connectivity index (χ4v) is 3.63. The van der Waals surface area contributed by atoms with E-state index < -0.39 is 0 Å². The number of fused-ring (bicyclic) bond motifs is 2. The highest BCUT2D eigenvalue weighted by Gasteiger charge is 2.25. The van der Waals surface area contributed by atoms with E-state index in [0.29, 0.717) is 18.0 Å². The van der Waals surface area contributed by atoms with Gasteiger partial charge in [-0.2, -0.15) is 5.10 Å². The van der Waals surface area contributed by atoms with E-state index in [1.54, 1.807) is 24.7 Å². The van der Waals surface area contributed by atoms with Gasteiger partial charge in [-0.3, -0.25) is 0 Å². The lowest BCUT2D eigenvalue weighted by Crippen LogP contribution is -2.32. The van der Waals surface area contributed by atoms with Crippen molar-refractivity contribution in [2.24, 2.45) is 0 Å². The van der Waals surface area contributed by atoms with Gasteiger partial charge in [0.15, 0.2) is 11.5 Å². The minimum absolute atomic E-state index is 0.512. The van der Waals surface area contributed by atoms with Crippen LogP contribution in [0.1, 0.15) is 17.0 Å². The molecule has 3 aromatic rings. The monoisotopic (exact) mass is 387 g/mol. The van der Waals surface area contributed by atoms with E-state index in [4.69, 9.17) is 9.47 Å². The van der Waals surface area contributed by atoms with Gasteiger partial charge in [0.05, 0.1) is 36.0 Å². The van der Waals surface area contributed by atoms with Crippen molar-refractivity contribution < 1.29 is 9.47 Å². The first-order chi connectivity index (χ1) is 14.2. The number of benzene rings is 1. The van der Waals surface area contributed by atoms with Gasteiger partial charge in [-0.15, -0.1) is 0 Å². The quantitative estimate of drug-likeness (QED) is 0.567. The van der Waals surface area contributed by atoms with Crippen LogP contribution in [-0.2, 0) is 13.0 Å². The number of ether oxygens (including phenoxy) is 2. The van der Waals surface area contributed by atoms with Crippen LogP contribution in [0.5, 0.6) is 11.5 Å². The second-order valence-electron chi connectivity index (χ2n) is 6.40. The highest BCUT2D eigenvalue weighted by atomic mass is 16.5. The fourth-order valence-electron chi connectivity index (χ4n) is 3.63. The van der Waals surface area contributed by atoms with Gasteiger partial charge in [0.1, 0.15) is 12.1 Å². The zero-order chi connectivity index (χ0) is 20.4. The molecule has 0 fully saturated rings. The molecule has 1 aliphatic rings. The van der Waals surface area contributed by atoms with Gasteiger partial charge in [-0.05, 0) is 18.6 Å². The summed E-state index contributed by atoms with van der Waals surface area (Å²) in [5, 5.41) is 5.41. The molecular weight excluding hydrogens is 366 g/mol. The third kappa shape index (κ3) is 3.16. The maximum Gasteiger partial charge on any atom is 0.171 e. The van der Waals surface area contributed by atoms with Crippen LogP contribution in [0.3, 0.4) is 0 Å². The van der Waals surface area contributed by atoms with Crippen LogP contribution >= 0.6 is 0 Å². The van der Waals surface area contributed by atoms with E-state index in [1.165, 1.54) is 18.1 Å². The average Bonchev–Trinajstić information content (AvgIpc) is 3.11. The predicted octanol–water partition coefficient (Wildman–Crippen LogP) is 4.18. The molecule has 0 radical (unpaired) electrons. The molecule has 0 bridgehead atoms. The van der Waals surface area contributed by atoms with Crippen LogP contribution in [-0.4, -0.2) is 26.3 Å². The predicted molar refractivity (Wildman–Crippen MR) is 115 cm³/mol. The van der Waals surface area contributed by atoms with Crippen molar-refractivity contribution in [2.45, 2.75) is 13.0 Å². The molecular formula is C22H21N5O2. The van der Waals surface area contributed by atoms with Gasteiger partial charge < -0.3 is 14.4 Å². The van der Waals surface area contributed by atoms with Crippen LogP contribution in [0.2, 0.25) is 0 Å². The Labute approximate surface area is 168 Å². The minimum atomic E-state index is 0.512. The summed E-state index contributed by atoms with van der Waals surface area (Å²) in [7, 11) is 0. The average molecular weight is 387 g/mol. The van der Waals surface area contributed by atoms with E-state index in [0.717, 1.165) is 41.1 Å². The van der Waals surface area contributed by atoms with Crippen molar-refractivity contribution in [1.29, 1.82) is 0 Å². The molecule has 0 saturated heterocycles. The van der Waals surface area contributed by atoms with E-state index >= 15 is 0 Å². The molecule has 7 nitrogen and oxygen atoms in total. The van der Waals surface area contributed by atoms with Crippen LogP contribution < -0.4 is 14.4 Å². The standard InChI is InChI=1S/C22H21N5O2/c1-5-17-15-9-10-26(13-19(15)27(6-2)25-17)22-16-11-20(28-7-3)21(29-8-4)12-18(16)23-14-24-22/h5-8,11-12,14H,1-4,9-10,13H2. The van der Waals surface area contributed by atoms with E-state index in [-0.39, 0.29) is 0 Å². The van der Waals surface area contributed by atoms with Gasteiger partial charge >= 0.3 is 0 Å². The lowest BCUT2D eigenvalue weighted by Gasteiger charge is -2.29. The molecule has 0 saturated carbocycles. The first-order valence-electron chi connectivity index (χ1n) is 9.14. The number of hydrogen-bond donors (Lipinski definition) is 0. The molecule has 146 valence electrons. The SMILES string of the molecule is C=COc1cc2ncnc(N3CCc4c(C=C)nn(C=C)c4C3)c2cc1OC=C. The Morgan fingerprint density at radius 3 is 2.45 bits per heavy atom. The van der Waals surface area contributed by atoms with Crippen molar-refractivity contribution >= 4 is 29.0 Å². The summed E-state index contributed by atoms with van der Waals surface area (Å²) in [5.41, 5.74) is 3.94. The Hall–Kier alpha value is -3.87. The van der Waals surface area contributed by atoms with Crippen LogP contribution in [0.4, 0.5) is 5.82 Å². The molecule has 7 heteroatoms. The zero-order valence-electron chi connectivity index (χ0n) is 16.0. The van der Waals surface area contributed by atoms with E-state index in [1.807, 2.05) is 10.7 Å². The molecule has 1 aromatic carbocycles. The summed E-state index contributed by atoms with van der Waals surface area (Å²) in [6.45, 7) is 16.4. The van der Waals surface area contributed by atoms with Gasteiger partial charge in [-0.25, -0.2) is 14.6 Å². The second kappa shape index (κ2) is 7.63. The number of aromatic nitrogens is 4. The molecule has 1 aliphatic heterocycles. The fraction of sp³-hybridized carbons (Fsp3) is 0.136. The lowest BCUT2D eigenvalue weighted by atomic mass is 10.0. The molecule has 0 aliphatic carbocycles. The zero-order valence-corrected chi connectivity index (χ0v) is 16.0. The third-order valence-corrected chi connectivity index (χ3v) is 4.89. The highest BCUT2D eigenvalue weighted by Crippen LogP contribution is 2.37. The number of nitrogens with zero attached hydrogens (tertiary/aromatic N) is 5. The Balaban J connectivity index is 1.80. The Kier molecular flexibility index (Phi) is 4.87. The summed E-state index contributed by atoms with van der Waals surface area (Å²) in [4.78, 5) is 11.2. The molecule has 2 aromatic heterocycles. The smallest absolute Gasteiger partial charge is 0.171 e. The number of hydrogen-bond acceptors (Lipinski definition) is 6. The molecule has 0 atom stereocenters. The van der Waals surface area contributed by atoms with Crippen molar-refractivity contribution in [3.63, 3.8) is 0 Å². The lowest BCUT2D eigenvalue weighted by molar-refractivity contribution is 0.419. The molecule has 0 unspecified atom stereocenters. The summed E-state index contributed by atoms with van der Waals surface area (Å²) in [5.74, 6) is 1.85. The van der Waals surface area contributed by atoms with Crippen molar-refractivity contribution in [3.8, 4) is 11.5 Å². The maximum absolute atomic E-state index is 5.53. The topological polar surface area (TPSA) is 65.3 Å². The van der Waals surface area contributed by atoms with Crippen LogP contribution in [0.25, 0.3) is 23.2 Å². The maximum atomic E-state index is 5.53. The summed E-state index contributed by atoms with van der Waals surface area (Å²) < 4.78 is 12.8. The normalized spacial score (nSPS) is 12.9. The van der Waals surface area contributed by atoms with Crippen molar-refractivity contribution in [1.82, 2.24) is 19.7 Å². The first-order valence-corrected chi connectivity index (χ1v) is 9.14. The Bertz CT molecular complexity index is 1130. The molecule has 4 rings (SSSR count). The van der Waals surface area contributed by atoms with Gasteiger partial charge in [0, 0.05) is 29.8 Å². The number of rotatable bonds is 7. The molecule has 0 spiro atoms. The van der Waals surface area contributed by atoms with Crippen LogP contribution in [0.15, 0.2) is 57.3 Å². The molecule has 3 heterocycles. The summed E-state index contributed by atoms with van der Waals surface area (Å²) >= 11 is 0. The minimum Gasteiger partial charge on any atom is -0.462 e. The van der Waals surface area contributed by atoms with Gasteiger partial charge in [0.2, 0.25) is 0 Å². The first kappa shape index (κ1) is 18.5. The summed E-state index contributed by atoms with van der Waals surface area (Å²) in [6.07, 6.45) is 8.59. The summed E-state index contributed by atoms with van der Waals surface area (Å²) in [6, 6.07) is 3.67.